The molecule has 1 amide bonds. The summed E-state index contributed by atoms with van der Waals surface area (Å²) < 4.78 is 4.95. The van der Waals surface area contributed by atoms with E-state index in [-0.39, 0.29) is 5.91 Å². The van der Waals surface area contributed by atoms with Crippen LogP contribution in [0.5, 0.6) is 0 Å². The zero-order valence-electron chi connectivity index (χ0n) is 10.9. The van der Waals surface area contributed by atoms with Crippen molar-refractivity contribution in [3.63, 3.8) is 0 Å². The van der Waals surface area contributed by atoms with Gasteiger partial charge in [0.05, 0.1) is 12.4 Å². The van der Waals surface area contributed by atoms with Gasteiger partial charge in [-0.3, -0.25) is 4.79 Å². The second kappa shape index (κ2) is 8.41. The summed E-state index contributed by atoms with van der Waals surface area (Å²) in [7, 11) is 3.44. The fourth-order valence-electron chi connectivity index (χ4n) is 1.42. The average Bonchev–Trinajstić information content (AvgIpc) is 2.42. The number of nitrogens with one attached hydrogen (secondary N) is 2. The van der Waals surface area contributed by atoms with E-state index in [0.717, 1.165) is 25.9 Å². The molecule has 0 aliphatic carbocycles. The van der Waals surface area contributed by atoms with Gasteiger partial charge in [-0.15, -0.1) is 0 Å². The molecule has 6 heteroatoms. The maximum absolute atomic E-state index is 11.7. The average molecular weight is 252 g/mol. The monoisotopic (exact) mass is 252 g/mol. The van der Waals surface area contributed by atoms with Crippen LogP contribution in [0.25, 0.3) is 0 Å². The van der Waals surface area contributed by atoms with Crippen LogP contribution in [-0.2, 0) is 4.74 Å². The number of nitrogens with zero attached hydrogens (tertiary/aromatic N) is 2. The predicted molar refractivity (Wildman–Crippen MR) is 69.6 cm³/mol. The SMILES string of the molecule is CNc1cnc(C(=O)NCCCCCOC)cn1. The minimum atomic E-state index is -0.183. The number of hydrogen-bond acceptors (Lipinski definition) is 5. The van der Waals surface area contributed by atoms with Crippen LogP contribution in [-0.4, -0.2) is 43.2 Å². The number of unbranched alkanes of at least 4 members (excludes halogenated alkanes) is 2. The second-order valence-electron chi connectivity index (χ2n) is 3.85. The summed E-state index contributed by atoms with van der Waals surface area (Å²) in [5.74, 6) is 0.461. The third-order valence-corrected chi connectivity index (χ3v) is 2.45. The third-order valence-electron chi connectivity index (χ3n) is 2.45. The van der Waals surface area contributed by atoms with Crippen molar-refractivity contribution in [2.45, 2.75) is 19.3 Å². The molecule has 0 aliphatic rings. The molecule has 18 heavy (non-hydrogen) atoms. The van der Waals surface area contributed by atoms with E-state index in [1.165, 1.54) is 12.4 Å². The summed E-state index contributed by atoms with van der Waals surface area (Å²) in [4.78, 5) is 19.7. The molecule has 0 radical (unpaired) electrons. The molecule has 6 nitrogen and oxygen atoms in total. The molecule has 1 aromatic heterocycles. The minimum absolute atomic E-state index is 0.183. The van der Waals surface area contributed by atoms with E-state index in [0.29, 0.717) is 18.1 Å². The molecule has 2 N–H and O–H groups in total. The summed E-state index contributed by atoms with van der Waals surface area (Å²) in [5.41, 5.74) is 0.339. The standard InChI is InChI=1S/C12H20N4O2/c1-13-11-9-15-10(8-16-11)12(17)14-6-4-3-5-7-18-2/h8-9H,3-7H2,1-2H3,(H,13,16)(H,14,17). The van der Waals surface area contributed by atoms with E-state index in [1.807, 2.05) is 0 Å². The van der Waals surface area contributed by atoms with Crippen LogP contribution in [0, 0.1) is 0 Å². The highest BCUT2D eigenvalue weighted by Gasteiger charge is 2.06. The van der Waals surface area contributed by atoms with Gasteiger partial charge in [0.1, 0.15) is 11.5 Å². The molecule has 100 valence electrons. The van der Waals surface area contributed by atoms with Crippen molar-refractivity contribution < 1.29 is 9.53 Å². The van der Waals surface area contributed by atoms with Crippen LogP contribution in [0.4, 0.5) is 5.82 Å². The highest BCUT2D eigenvalue weighted by Crippen LogP contribution is 2.00. The molecular formula is C12H20N4O2. The molecule has 1 aromatic rings. The Labute approximate surface area is 107 Å². The lowest BCUT2D eigenvalue weighted by Gasteiger charge is -2.05. The number of methoxy groups -OCH3 is 1. The summed E-state index contributed by atoms with van der Waals surface area (Å²) >= 11 is 0. The zero-order valence-corrected chi connectivity index (χ0v) is 10.9. The molecule has 0 aromatic carbocycles. The highest BCUT2D eigenvalue weighted by atomic mass is 16.5. The van der Waals surface area contributed by atoms with Crippen LogP contribution in [0.1, 0.15) is 29.8 Å². The minimum Gasteiger partial charge on any atom is -0.385 e. The van der Waals surface area contributed by atoms with Gasteiger partial charge in [0, 0.05) is 27.3 Å². The number of carbonyl (C=O) groups excluding carboxylic acids is 1. The number of carbonyl (C=O) groups is 1. The van der Waals surface area contributed by atoms with Gasteiger partial charge < -0.3 is 15.4 Å². The van der Waals surface area contributed by atoms with E-state index in [1.54, 1.807) is 14.2 Å². The maximum atomic E-state index is 11.7. The Morgan fingerprint density at radius 3 is 2.72 bits per heavy atom. The molecular weight excluding hydrogens is 232 g/mol. The number of aromatic nitrogens is 2. The first-order valence-electron chi connectivity index (χ1n) is 6.05. The Morgan fingerprint density at radius 2 is 2.11 bits per heavy atom. The highest BCUT2D eigenvalue weighted by molar-refractivity contribution is 5.91. The zero-order chi connectivity index (χ0) is 13.2. The van der Waals surface area contributed by atoms with E-state index in [2.05, 4.69) is 20.6 Å². The molecule has 0 bridgehead atoms. The number of amides is 1. The number of rotatable bonds is 8. The van der Waals surface area contributed by atoms with Gasteiger partial charge in [0.15, 0.2) is 0 Å². The fourth-order valence-corrected chi connectivity index (χ4v) is 1.42. The van der Waals surface area contributed by atoms with Crippen LogP contribution in [0.3, 0.4) is 0 Å². The van der Waals surface area contributed by atoms with E-state index >= 15 is 0 Å². The normalized spacial score (nSPS) is 10.1. The number of hydrogen-bond donors (Lipinski definition) is 2. The molecule has 0 spiro atoms. The number of anilines is 1. The first kappa shape index (κ1) is 14.4. The number of ether oxygens (including phenoxy) is 1. The molecule has 0 fully saturated rings. The van der Waals surface area contributed by atoms with Gasteiger partial charge >= 0.3 is 0 Å². The Hall–Kier alpha value is -1.69. The lowest BCUT2D eigenvalue weighted by Crippen LogP contribution is -2.25. The van der Waals surface area contributed by atoms with Crippen molar-refractivity contribution in [3.8, 4) is 0 Å². The first-order chi connectivity index (χ1) is 8.77. The van der Waals surface area contributed by atoms with Crippen molar-refractivity contribution in [2.24, 2.45) is 0 Å². The second-order valence-corrected chi connectivity index (χ2v) is 3.85. The molecule has 0 saturated carbocycles. The summed E-state index contributed by atoms with van der Waals surface area (Å²) in [6, 6.07) is 0. The first-order valence-corrected chi connectivity index (χ1v) is 6.05. The third kappa shape index (κ3) is 5.09. The Morgan fingerprint density at radius 1 is 1.28 bits per heavy atom. The molecule has 0 atom stereocenters. The fraction of sp³-hybridized carbons (Fsp3) is 0.583. The van der Waals surface area contributed by atoms with Gasteiger partial charge in [-0.25, -0.2) is 9.97 Å². The van der Waals surface area contributed by atoms with Crippen LogP contribution < -0.4 is 10.6 Å². The topological polar surface area (TPSA) is 76.1 Å². The summed E-state index contributed by atoms with van der Waals surface area (Å²) in [6.45, 7) is 1.42. The van der Waals surface area contributed by atoms with Gasteiger partial charge in [0.25, 0.3) is 5.91 Å². The van der Waals surface area contributed by atoms with Gasteiger partial charge in [-0.05, 0) is 19.3 Å². The van der Waals surface area contributed by atoms with Crippen molar-refractivity contribution in [1.29, 1.82) is 0 Å². The lowest BCUT2D eigenvalue weighted by molar-refractivity contribution is 0.0947. The van der Waals surface area contributed by atoms with Crippen molar-refractivity contribution in [3.05, 3.63) is 18.1 Å². The quantitative estimate of drug-likeness (QED) is 0.677. The van der Waals surface area contributed by atoms with Gasteiger partial charge in [-0.2, -0.15) is 0 Å². The summed E-state index contributed by atoms with van der Waals surface area (Å²) in [5, 5.41) is 5.66. The van der Waals surface area contributed by atoms with Crippen LogP contribution in [0.2, 0.25) is 0 Å². The van der Waals surface area contributed by atoms with Crippen molar-refractivity contribution in [2.75, 3.05) is 32.6 Å². The Kier molecular flexibility index (Phi) is 6.71. The Balaban J connectivity index is 2.23. The van der Waals surface area contributed by atoms with Gasteiger partial charge in [-0.1, -0.05) is 0 Å². The molecule has 0 aliphatic heterocycles. The Bertz CT molecular complexity index is 354. The van der Waals surface area contributed by atoms with E-state index in [9.17, 15) is 4.79 Å². The van der Waals surface area contributed by atoms with Crippen molar-refractivity contribution in [1.82, 2.24) is 15.3 Å². The molecule has 1 rings (SSSR count). The van der Waals surface area contributed by atoms with Gasteiger partial charge in [0.2, 0.25) is 0 Å². The largest absolute Gasteiger partial charge is 0.385 e. The molecule has 1 heterocycles. The molecule has 0 unspecified atom stereocenters. The maximum Gasteiger partial charge on any atom is 0.271 e. The van der Waals surface area contributed by atoms with Crippen LogP contribution in [0.15, 0.2) is 12.4 Å². The van der Waals surface area contributed by atoms with E-state index in [4.69, 9.17) is 4.74 Å². The van der Waals surface area contributed by atoms with E-state index < -0.39 is 0 Å². The van der Waals surface area contributed by atoms with Crippen molar-refractivity contribution >= 4 is 11.7 Å². The smallest absolute Gasteiger partial charge is 0.271 e. The predicted octanol–water partition coefficient (Wildman–Crippen LogP) is 1.06. The van der Waals surface area contributed by atoms with Crippen LogP contribution >= 0.6 is 0 Å². The lowest BCUT2D eigenvalue weighted by atomic mass is 10.2. The molecule has 0 saturated heterocycles. The summed E-state index contributed by atoms with van der Waals surface area (Å²) in [6.07, 6.45) is 6.00.